The fourth-order valence-electron chi connectivity index (χ4n) is 2.07. The van der Waals surface area contributed by atoms with Crippen LogP contribution >= 0.6 is 11.6 Å². The topological polar surface area (TPSA) is 76.7 Å². The van der Waals surface area contributed by atoms with E-state index in [1.807, 2.05) is 0 Å². The van der Waals surface area contributed by atoms with E-state index >= 15 is 0 Å². The van der Waals surface area contributed by atoms with Crippen LogP contribution in [0.15, 0.2) is 36.4 Å². The highest BCUT2D eigenvalue weighted by Crippen LogP contribution is 2.31. The molecular formula is C16H12ClFN2O4. The number of ether oxygens (including phenoxy) is 2. The normalized spacial score (nSPS) is 12.7. The van der Waals surface area contributed by atoms with Gasteiger partial charge in [0.25, 0.3) is 11.8 Å². The Bertz CT molecular complexity index is 813. The van der Waals surface area contributed by atoms with E-state index in [9.17, 15) is 14.0 Å². The Morgan fingerprint density at radius 3 is 2.96 bits per heavy atom. The molecule has 3 rings (SSSR count). The third-order valence-electron chi connectivity index (χ3n) is 3.16. The minimum atomic E-state index is -0.566. The molecule has 2 N–H and O–H groups in total. The summed E-state index contributed by atoms with van der Waals surface area (Å²) in [5.41, 5.74) is 0.843. The number of rotatable bonds is 4. The Balaban J connectivity index is 1.59. The maximum absolute atomic E-state index is 13.1. The Labute approximate surface area is 141 Å². The molecule has 0 saturated carbocycles. The molecule has 0 atom stereocenters. The van der Waals surface area contributed by atoms with Gasteiger partial charge in [0.2, 0.25) is 0 Å². The smallest absolute Gasteiger partial charge is 0.262 e. The summed E-state index contributed by atoms with van der Waals surface area (Å²) in [6.07, 6.45) is 0. The number of hydrogen-bond donors (Lipinski definition) is 2. The van der Waals surface area contributed by atoms with Crippen molar-refractivity contribution < 1.29 is 23.5 Å². The lowest BCUT2D eigenvalue weighted by molar-refractivity contribution is -0.119. The summed E-state index contributed by atoms with van der Waals surface area (Å²) in [6.45, 7) is -0.293. The molecule has 0 radical (unpaired) electrons. The van der Waals surface area contributed by atoms with E-state index in [1.54, 1.807) is 18.2 Å². The Hall–Kier alpha value is -2.80. The maximum atomic E-state index is 13.1. The van der Waals surface area contributed by atoms with Crippen molar-refractivity contribution >= 4 is 34.8 Å². The Morgan fingerprint density at radius 1 is 1.33 bits per heavy atom. The molecule has 0 saturated heterocycles. The standard InChI is InChI=1S/C16H12ClFN2O4/c17-11-5-9(1-3-12(11)18)19-15(21)7-23-10-2-4-14-13(6-10)20-16(22)8-24-14/h1-6H,7-8H2,(H,19,21)(H,20,22). The predicted molar refractivity (Wildman–Crippen MR) is 86.1 cm³/mol. The molecule has 124 valence electrons. The first-order valence-electron chi connectivity index (χ1n) is 6.95. The van der Waals surface area contributed by atoms with Crippen LogP contribution in [0.1, 0.15) is 0 Å². The van der Waals surface area contributed by atoms with Crippen molar-refractivity contribution in [2.45, 2.75) is 0 Å². The van der Waals surface area contributed by atoms with E-state index in [2.05, 4.69) is 10.6 Å². The third-order valence-corrected chi connectivity index (χ3v) is 3.45. The fourth-order valence-corrected chi connectivity index (χ4v) is 2.25. The van der Waals surface area contributed by atoms with Crippen molar-refractivity contribution in [2.24, 2.45) is 0 Å². The number of benzene rings is 2. The van der Waals surface area contributed by atoms with E-state index in [-0.39, 0.29) is 24.1 Å². The zero-order valence-corrected chi connectivity index (χ0v) is 13.0. The van der Waals surface area contributed by atoms with Crippen LogP contribution in [-0.4, -0.2) is 25.0 Å². The van der Waals surface area contributed by atoms with Gasteiger partial charge in [-0.3, -0.25) is 9.59 Å². The first-order chi connectivity index (χ1) is 11.5. The van der Waals surface area contributed by atoms with Crippen LogP contribution in [0.2, 0.25) is 5.02 Å². The van der Waals surface area contributed by atoms with E-state index in [0.717, 1.165) is 6.07 Å². The average molecular weight is 351 g/mol. The van der Waals surface area contributed by atoms with Gasteiger partial charge >= 0.3 is 0 Å². The Kier molecular flexibility index (Phi) is 4.52. The first kappa shape index (κ1) is 16.1. The van der Waals surface area contributed by atoms with Gasteiger partial charge in [0, 0.05) is 11.8 Å². The first-order valence-corrected chi connectivity index (χ1v) is 7.33. The van der Waals surface area contributed by atoms with Crippen molar-refractivity contribution in [3.05, 3.63) is 47.2 Å². The number of fused-ring (bicyclic) bond motifs is 1. The van der Waals surface area contributed by atoms with Gasteiger partial charge in [-0.2, -0.15) is 0 Å². The molecule has 0 bridgehead atoms. The molecule has 6 nitrogen and oxygen atoms in total. The minimum Gasteiger partial charge on any atom is -0.484 e. The zero-order chi connectivity index (χ0) is 17.1. The van der Waals surface area contributed by atoms with Crippen LogP contribution in [0.3, 0.4) is 0 Å². The van der Waals surface area contributed by atoms with E-state index < -0.39 is 11.7 Å². The molecule has 0 unspecified atom stereocenters. The van der Waals surface area contributed by atoms with E-state index in [1.165, 1.54) is 12.1 Å². The second-order valence-electron chi connectivity index (χ2n) is 4.96. The molecule has 24 heavy (non-hydrogen) atoms. The monoisotopic (exact) mass is 350 g/mol. The summed E-state index contributed by atoms with van der Waals surface area (Å²) in [5.74, 6) is -0.329. The zero-order valence-electron chi connectivity index (χ0n) is 12.3. The second kappa shape index (κ2) is 6.76. The van der Waals surface area contributed by atoms with E-state index in [4.69, 9.17) is 21.1 Å². The average Bonchev–Trinajstić information content (AvgIpc) is 2.56. The lowest BCUT2D eigenvalue weighted by Gasteiger charge is -2.18. The van der Waals surface area contributed by atoms with Crippen LogP contribution in [-0.2, 0) is 9.59 Å². The lowest BCUT2D eigenvalue weighted by atomic mass is 10.2. The summed E-state index contributed by atoms with van der Waals surface area (Å²) in [4.78, 5) is 23.1. The van der Waals surface area contributed by atoms with Crippen LogP contribution < -0.4 is 20.1 Å². The number of carbonyl (C=O) groups is 2. The lowest BCUT2D eigenvalue weighted by Crippen LogP contribution is -2.25. The van der Waals surface area contributed by atoms with Crippen molar-refractivity contribution in [3.63, 3.8) is 0 Å². The molecule has 0 aliphatic carbocycles. The molecule has 0 fully saturated rings. The summed E-state index contributed by atoms with van der Waals surface area (Å²) in [7, 11) is 0. The van der Waals surface area contributed by atoms with Gasteiger partial charge in [-0.05, 0) is 30.3 Å². The summed E-state index contributed by atoms with van der Waals surface area (Å²) >= 11 is 5.65. The third kappa shape index (κ3) is 3.75. The van der Waals surface area contributed by atoms with Gasteiger partial charge in [-0.1, -0.05) is 11.6 Å². The molecule has 1 aliphatic rings. The number of nitrogens with one attached hydrogen (secondary N) is 2. The van der Waals surface area contributed by atoms with E-state index in [0.29, 0.717) is 22.9 Å². The van der Waals surface area contributed by atoms with Crippen LogP contribution in [0.5, 0.6) is 11.5 Å². The number of halogens is 2. The fraction of sp³-hybridized carbons (Fsp3) is 0.125. The quantitative estimate of drug-likeness (QED) is 0.889. The van der Waals surface area contributed by atoms with Crippen molar-refractivity contribution in [1.82, 2.24) is 0 Å². The predicted octanol–water partition coefficient (Wildman–Crippen LogP) is 2.83. The molecule has 2 amide bonds. The summed E-state index contributed by atoms with van der Waals surface area (Å²) in [5, 5.41) is 5.10. The largest absolute Gasteiger partial charge is 0.484 e. The van der Waals surface area contributed by atoms with Gasteiger partial charge in [0.05, 0.1) is 10.7 Å². The van der Waals surface area contributed by atoms with Gasteiger partial charge in [-0.25, -0.2) is 4.39 Å². The van der Waals surface area contributed by atoms with Crippen molar-refractivity contribution in [1.29, 1.82) is 0 Å². The minimum absolute atomic E-state index is 0.0319. The van der Waals surface area contributed by atoms with Crippen molar-refractivity contribution in [2.75, 3.05) is 23.8 Å². The molecule has 2 aromatic carbocycles. The maximum Gasteiger partial charge on any atom is 0.262 e. The highest BCUT2D eigenvalue weighted by atomic mass is 35.5. The van der Waals surface area contributed by atoms with Crippen LogP contribution in [0.4, 0.5) is 15.8 Å². The van der Waals surface area contributed by atoms with Crippen LogP contribution in [0, 0.1) is 5.82 Å². The molecule has 1 heterocycles. The van der Waals surface area contributed by atoms with Gasteiger partial charge in [-0.15, -0.1) is 0 Å². The second-order valence-corrected chi connectivity index (χ2v) is 5.37. The molecule has 8 heteroatoms. The highest BCUT2D eigenvalue weighted by Gasteiger charge is 2.16. The summed E-state index contributed by atoms with van der Waals surface area (Å²) in [6, 6.07) is 8.69. The number of carbonyl (C=O) groups excluding carboxylic acids is 2. The summed E-state index contributed by atoms with van der Waals surface area (Å²) < 4.78 is 23.7. The Morgan fingerprint density at radius 2 is 2.17 bits per heavy atom. The molecule has 0 spiro atoms. The number of hydrogen-bond acceptors (Lipinski definition) is 4. The van der Waals surface area contributed by atoms with Gasteiger partial charge in [0.15, 0.2) is 13.2 Å². The molecule has 2 aromatic rings. The van der Waals surface area contributed by atoms with Gasteiger partial charge in [0.1, 0.15) is 17.3 Å². The van der Waals surface area contributed by atoms with Gasteiger partial charge < -0.3 is 20.1 Å². The SMILES string of the molecule is O=C(COc1ccc2c(c1)NC(=O)CO2)Nc1ccc(F)c(Cl)c1. The highest BCUT2D eigenvalue weighted by molar-refractivity contribution is 6.31. The number of anilines is 2. The molecular weight excluding hydrogens is 339 g/mol. The van der Waals surface area contributed by atoms with Crippen molar-refractivity contribution in [3.8, 4) is 11.5 Å². The molecule has 1 aliphatic heterocycles. The number of amides is 2. The van der Waals surface area contributed by atoms with Crippen LogP contribution in [0.25, 0.3) is 0 Å². The molecule has 0 aromatic heterocycles.